The summed E-state index contributed by atoms with van der Waals surface area (Å²) in [6, 6.07) is 2.38. The first-order chi connectivity index (χ1) is 14.6. The molecule has 0 radical (unpaired) electrons. The number of hydrogen-bond donors (Lipinski definition) is 0. The van der Waals surface area contributed by atoms with E-state index in [0.717, 1.165) is 36.8 Å². The minimum absolute atomic E-state index is 0.0160. The van der Waals surface area contributed by atoms with E-state index in [1.165, 1.54) is 11.1 Å². The van der Waals surface area contributed by atoms with Gasteiger partial charge in [-0.15, -0.1) is 0 Å². The van der Waals surface area contributed by atoms with Crippen molar-refractivity contribution >= 4 is 15.9 Å². The number of piperidine rings is 1. The SMILES string of the molecule is COc1cc2c(c(Br)c1OCC1CCCC1(F)F)CCN1CC(OC(C)(C)C)CCC21. The van der Waals surface area contributed by atoms with Crippen molar-refractivity contribution in [1.82, 2.24) is 4.90 Å². The molecule has 0 spiro atoms. The van der Waals surface area contributed by atoms with Crippen LogP contribution in [0.5, 0.6) is 11.5 Å². The average Bonchev–Trinajstić information content (AvgIpc) is 3.03. The van der Waals surface area contributed by atoms with Crippen LogP contribution < -0.4 is 9.47 Å². The third-order valence-corrected chi connectivity index (χ3v) is 7.64. The fourth-order valence-corrected chi connectivity index (χ4v) is 6.09. The molecule has 3 atom stereocenters. The Kier molecular flexibility index (Phi) is 6.59. The van der Waals surface area contributed by atoms with E-state index in [1.807, 2.05) is 0 Å². The molecule has 0 N–H and O–H groups in total. The Labute approximate surface area is 192 Å². The van der Waals surface area contributed by atoms with E-state index in [0.29, 0.717) is 30.4 Å². The van der Waals surface area contributed by atoms with Crippen molar-refractivity contribution in [1.29, 1.82) is 0 Å². The largest absolute Gasteiger partial charge is 0.493 e. The van der Waals surface area contributed by atoms with Crippen LogP contribution in [0.3, 0.4) is 0 Å². The van der Waals surface area contributed by atoms with E-state index >= 15 is 0 Å². The first-order valence-electron chi connectivity index (χ1n) is 11.4. The summed E-state index contributed by atoms with van der Waals surface area (Å²) >= 11 is 3.73. The molecule has 0 aromatic heterocycles. The topological polar surface area (TPSA) is 30.9 Å². The maximum atomic E-state index is 14.0. The van der Waals surface area contributed by atoms with Gasteiger partial charge in [-0.3, -0.25) is 4.90 Å². The summed E-state index contributed by atoms with van der Waals surface area (Å²) in [5, 5.41) is 0. The summed E-state index contributed by atoms with van der Waals surface area (Å²) in [4.78, 5) is 2.51. The van der Waals surface area contributed by atoms with Crippen molar-refractivity contribution in [2.75, 3.05) is 26.8 Å². The molecule has 4 rings (SSSR count). The van der Waals surface area contributed by atoms with Crippen molar-refractivity contribution in [3.63, 3.8) is 0 Å². The highest BCUT2D eigenvalue weighted by Crippen LogP contribution is 2.48. The molecule has 1 saturated carbocycles. The second-order valence-electron chi connectivity index (χ2n) is 10.1. The standard InChI is InChI=1S/C24H34BrF2NO3/c1-23(2,3)31-16-7-8-19-18-12-20(29-4)22(21(25)17(18)9-11-28(19)13-16)30-14-15-6-5-10-24(15,26)27/h12,15-16,19H,5-11,13-14H2,1-4H3. The van der Waals surface area contributed by atoms with Gasteiger partial charge in [0.15, 0.2) is 11.5 Å². The number of hydrogen-bond acceptors (Lipinski definition) is 4. The third kappa shape index (κ3) is 4.88. The van der Waals surface area contributed by atoms with Gasteiger partial charge in [-0.05, 0) is 86.0 Å². The van der Waals surface area contributed by atoms with Gasteiger partial charge in [0.05, 0.1) is 35.8 Å². The van der Waals surface area contributed by atoms with E-state index in [4.69, 9.17) is 14.2 Å². The Balaban J connectivity index is 1.53. The summed E-state index contributed by atoms with van der Waals surface area (Å²) in [7, 11) is 1.61. The molecule has 3 aliphatic rings. The van der Waals surface area contributed by atoms with E-state index in [1.54, 1.807) is 7.11 Å². The predicted molar refractivity (Wildman–Crippen MR) is 120 cm³/mol. The maximum Gasteiger partial charge on any atom is 0.254 e. The number of benzene rings is 1. The van der Waals surface area contributed by atoms with Crippen LogP contribution in [0.1, 0.15) is 70.0 Å². The maximum absolute atomic E-state index is 14.0. The normalized spacial score (nSPS) is 28.2. The first-order valence-corrected chi connectivity index (χ1v) is 12.2. The molecule has 3 unspecified atom stereocenters. The number of nitrogens with zero attached hydrogens (tertiary/aromatic N) is 1. The Hall–Kier alpha value is -0.920. The molecule has 174 valence electrons. The van der Waals surface area contributed by atoms with Crippen molar-refractivity contribution in [3.05, 3.63) is 21.7 Å². The number of fused-ring (bicyclic) bond motifs is 3. The highest BCUT2D eigenvalue weighted by Gasteiger charge is 2.44. The lowest BCUT2D eigenvalue weighted by Gasteiger charge is -2.45. The Bertz CT molecular complexity index is 811. The molecule has 2 heterocycles. The Morgan fingerprint density at radius 3 is 2.65 bits per heavy atom. The molecule has 1 aromatic carbocycles. The quantitative estimate of drug-likeness (QED) is 0.484. The molecule has 1 aliphatic carbocycles. The summed E-state index contributed by atoms with van der Waals surface area (Å²) in [5.74, 6) is -2.19. The minimum Gasteiger partial charge on any atom is -0.493 e. The zero-order valence-corrected chi connectivity index (χ0v) is 20.6. The van der Waals surface area contributed by atoms with Crippen LogP contribution in [-0.2, 0) is 11.2 Å². The molecular formula is C24H34BrF2NO3. The van der Waals surface area contributed by atoms with E-state index < -0.39 is 11.8 Å². The van der Waals surface area contributed by atoms with Crippen LogP contribution >= 0.6 is 15.9 Å². The minimum atomic E-state index is -2.64. The molecule has 4 nitrogen and oxygen atoms in total. The zero-order valence-electron chi connectivity index (χ0n) is 19.0. The molecule has 2 fully saturated rings. The fourth-order valence-electron chi connectivity index (χ4n) is 5.35. The van der Waals surface area contributed by atoms with Gasteiger partial charge in [0.2, 0.25) is 0 Å². The van der Waals surface area contributed by atoms with E-state index in [2.05, 4.69) is 47.7 Å². The highest BCUT2D eigenvalue weighted by molar-refractivity contribution is 9.10. The second kappa shape index (κ2) is 8.79. The lowest BCUT2D eigenvalue weighted by molar-refractivity contribution is -0.0972. The van der Waals surface area contributed by atoms with E-state index in [-0.39, 0.29) is 24.7 Å². The van der Waals surface area contributed by atoms with Gasteiger partial charge in [-0.25, -0.2) is 8.78 Å². The van der Waals surface area contributed by atoms with Crippen molar-refractivity contribution < 1.29 is 23.0 Å². The fraction of sp³-hybridized carbons (Fsp3) is 0.750. The van der Waals surface area contributed by atoms with Crippen LogP contribution in [0.4, 0.5) is 8.78 Å². The van der Waals surface area contributed by atoms with Crippen LogP contribution in [0, 0.1) is 5.92 Å². The molecular weight excluding hydrogens is 468 g/mol. The Morgan fingerprint density at radius 2 is 2.00 bits per heavy atom. The number of alkyl halides is 2. The van der Waals surface area contributed by atoms with Crippen LogP contribution in [0.25, 0.3) is 0 Å². The molecule has 31 heavy (non-hydrogen) atoms. The number of methoxy groups -OCH3 is 1. The van der Waals surface area contributed by atoms with Gasteiger partial charge in [0, 0.05) is 25.6 Å². The number of halogens is 3. The zero-order chi connectivity index (χ0) is 22.4. The lowest BCUT2D eigenvalue weighted by Crippen LogP contribution is -2.47. The van der Waals surface area contributed by atoms with Gasteiger partial charge in [-0.2, -0.15) is 0 Å². The van der Waals surface area contributed by atoms with Crippen LogP contribution in [0.2, 0.25) is 0 Å². The molecule has 0 amide bonds. The van der Waals surface area contributed by atoms with Gasteiger partial charge in [0.25, 0.3) is 5.92 Å². The molecule has 2 aliphatic heterocycles. The number of ether oxygens (including phenoxy) is 3. The second-order valence-corrected chi connectivity index (χ2v) is 10.9. The molecule has 1 saturated heterocycles. The first kappa shape index (κ1) is 23.2. The molecule has 1 aromatic rings. The van der Waals surface area contributed by atoms with Gasteiger partial charge in [-0.1, -0.05) is 0 Å². The van der Waals surface area contributed by atoms with Crippen LogP contribution in [-0.4, -0.2) is 49.3 Å². The summed E-state index contributed by atoms with van der Waals surface area (Å²) < 4.78 is 46.8. The van der Waals surface area contributed by atoms with Gasteiger partial charge >= 0.3 is 0 Å². The highest BCUT2D eigenvalue weighted by atomic mass is 79.9. The molecule has 0 bridgehead atoms. The third-order valence-electron chi connectivity index (χ3n) is 6.80. The lowest BCUT2D eigenvalue weighted by atomic mass is 9.85. The summed E-state index contributed by atoms with van der Waals surface area (Å²) in [5.41, 5.74) is 2.33. The molecule has 7 heteroatoms. The average molecular weight is 502 g/mol. The van der Waals surface area contributed by atoms with Gasteiger partial charge in [0.1, 0.15) is 0 Å². The van der Waals surface area contributed by atoms with Gasteiger partial charge < -0.3 is 14.2 Å². The summed E-state index contributed by atoms with van der Waals surface area (Å²) in [6.07, 6.45) is 4.20. The van der Waals surface area contributed by atoms with Crippen molar-refractivity contribution in [2.24, 2.45) is 5.92 Å². The monoisotopic (exact) mass is 501 g/mol. The van der Waals surface area contributed by atoms with E-state index in [9.17, 15) is 8.78 Å². The van der Waals surface area contributed by atoms with Crippen molar-refractivity contribution in [3.8, 4) is 11.5 Å². The smallest absolute Gasteiger partial charge is 0.254 e. The summed E-state index contributed by atoms with van der Waals surface area (Å²) in [6.45, 7) is 8.21. The Morgan fingerprint density at radius 1 is 1.23 bits per heavy atom. The number of rotatable bonds is 5. The van der Waals surface area contributed by atoms with Crippen molar-refractivity contribution in [2.45, 2.75) is 83.0 Å². The van der Waals surface area contributed by atoms with Crippen LogP contribution in [0.15, 0.2) is 10.5 Å². The predicted octanol–water partition coefficient (Wildman–Crippen LogP) is 6.15.